The Balaban J connectivity index is 1.19. The van der Waals surface area contributed by atoms with E-state index in [1.807, 2.05) is 6.92 Å². The average molecular weight is 621 g/mol. The van der Waals surface area contributed by atoms with Gasteiger partial charge in [-0.1, -0.05) is 36.8 Å². The van der Waals surface area contributed by atoms with Gasteiger partial charge in [-0.05, 0) is 71.9 Å². The Kier molecular flexibility index (Phi) is 7.23. The van der Waals surface area contributed by atoms with Gasteiger partial charge < -0.3 is 9.84 Å². The number of piperidine rings is 1. The predicted octanol–water partition coefficient (Wildman–Crippen LogP) is 5.86. The number of fused-ring (bicyclic) bond motifs is 3. The minimum Gasteiger partial charge on any atom is -0.481 e. The fourth-order valence-corrected chi connectivity index (χ4v) is 8.17. The largest absolute Gasteiger partial charge is 0.481 e. The van der Waals surface area contributed by atoms with Gasteiger partial charge in [0, 0.05) is 24.1 Å². The number of nitrogens with zero attached hydrogens (tertiary/aromatic N) is 2. The van der Waals surface area contributed by atoms with E-state index in [9.17, 15) is 35.9 Å². The highest BCUT2D eigenvalue weighted by molar-refractivity contribution is 7.88. The zero-order chi connectivity index (χ0) is 30.9. The molecule has 1 saturated heterocycles. The summed E-state index contributed by atoms with van der Waals surface area (Å²) in [5.41, 5.74) is 0.565. The van der Waals surface area contributed by atoms with Crippen LogP contribution in [0.4, 0.5) is 17.6 Å². The summed E-state index contributed by atoms with van der Waals surface area (Å²) < 4.78 is 87.7. The second-order valence-corrected chi connectivity index (χ2v) is 14.3. The van der Waals surface area contributed by atoms with E-state index < -0.39 is 33.5 Å². The summed E-state index contributed by atoms with van der Waals surface area (Å²) in [6.07, 6.45) is -0.0000876. The second-order valence-electron chi connectivity index (χ2n) is 12.3. The molecule has 4 atom stereocenters. The molecule has 0 bridgehead atoms. The van der Waals surface area contributed by atoms with Gasteiger partial charge in [0.2, 0.25) is 15.9 Å². The number of aliphatic carboxylic acids is 1. The van der Waals surface area contributed by atoms with Crippen molar-refractivity contribution in [3.8, 4) is 11.1 Å². The van der Waals surface area contributed by atoms with E-state index in [0.717, 1.165) is 11.1 Å². The molecule has 2 heterocycles. The first-order chi connectivity index (χ1) is 20.2. The number of carboxylic acids is 1. The highest BCUT2D eigenvalue weighted by atomic mass is 32.2. The van der Waals surface area contributed by atoms with Crippen LogP contribution in [-0.2, 0) is 32.3 Å². The molecular formula is C31H32F4N2O5S. The van der Waals surface area contributed by atoms with Crippen molar-refractivity contribution < 1.29 is 40.6 Å². The van der Waals surface area contributed by atoms with E-state index in [4.69, 9.17) is 4.74 Å². The third-order valence-corrected chi connectivity index (χ3v) is 11.0. The number of sulfonamides is 1. The third-order valence-electron chi connectivity index (χ3n) is 9.72. The number of ether oxygens (including phenoxy) is 1. The SMILES string of the molecule is CC12CN=C(OCc3cc(-c4ccc(C5CCN(S(C)(=O)=O)CC5)cc4)c(C(F)(F)F)cc3F)C=C1C[C@@H]1[C@@H](C(=O)O)[C@@H]12. The Morgan fingerprint density at radius 1 is 1.16 bits per heavy atom. The van der Waals surface area contributed by atoms with Crippen LogP contribution in [-0.4, -0.2) is 55.6 Å². The van der Waals surface area contributed by atoms with Crippen LogP contribution in [0.5, 0.6) is 0 Å². The van der Waals surface area contributed by atoms with Gasteiger partial charge in [0.25, 0.3) is 0 Å². The molecule has 1 unspecified atom stereocenters. The van der Waals surface area contributed by atoms with Crippen LogP contribution < -0.4 is 0 Å². The molecule has 0 radical (unpaired) electrons. The molecule has 2 aliphatic carbocycles. The first-order valence-electron chi connectivity index (χ1n) is 14.2. The quantitative estimate of drug-likeness (QED) is 0.408. The number of carboxylic acid groups (broad SMARTS) is 1. The monoisotopic (exact) mass is 620 g/mol. The molecule has 4 aliphatic rings. The van der Waals surface area contributed by atoms with Gasteiger partial charge in [-0.25, -0.2) is 17.1 Å². The van der Waals surface area contributed by atoms with E-state index in [0.29, 0.717) is 45.0 Å². The molecule has 230 valence electrons. The number of hydrogen-bond donors (Lipinski definition) is 1. The van der Waals surface area contributed by atoms with Crippen LogP contribution in [0, 0.1) is 29.0 Å². The number of benzene rings is 2. The van der Waals surface area contributed by atoms with Crippen molar-refractivity contribution in [1.82, 2.24) is 4.31 Å². The summed E-state index contributed by atoms with van der Waals surface area (Å²) in [5, 5.41) is 9.43. The van der Waals surface area contributed by atoms with Crippen molar-refractivity contribution in [1.29, 1.82) is 0 Å². The minimum atomic E-state index is -4.79. The van der Waals surface area contributed by atoms with E-state index in [1.165, 1.54) is 16.6 Å². The summed E-state index contributed by atoms with van der Waals surface area (Å²) in [6, 6.07) is 8.32. The zero-order valence-electron chi connectivity index (χ0n) is 23.7. The van der Waals surface area contributed by atoms with Crippen molar-refractivity contribution in [2.45, 2.75) is 44.9 Å². The lowest BCUT2D eigenvalue weighted by Gasteiger charge is -2.31. The van der Waals surface area contributed by atoms with Crippen molar-refractivity contribution in [2.75, 3.05) is 25.9 Å². The standard InChI is InChI=1S/C31H32F4N2O5S/c1-30-16-36-26(13-21(30)12-23-27(28(23)30)29(38)39)42-15-20-11-22(24(14-25(20)32)31(33,34)35)19-5-3-17(4-6-19)18-7-9-37(10-8-18)43(2,40)41/h3-6,11,13-14,18,23,27-28H,7-10,12,15-16H2,1-2H3,(H,38,39)/t23-,27-,28-,30?/m1/s1. The Hall–Kier alpha value is -3.25. The van der Waals surface area contributed by atoms with Crippen molar-refractivity contribution in [3.05, 3.63) is 70.6 Å². The van der Waals surface area contributed by atoms with Crippen LogP contribution in [0.15, 0.2) is 53.0 Å². The van der Waals surface area contributed by atoms with Gasteiger partial charge in [-0.2, -0.15) is 13.2 Å². The van der Waals surface area contributed by atoms with Crippen molar-refractivity contribution in [3.63, 3.8) is 0 Å². The van der Waals surface area contributed by atoms with Gasteiger partial charge in [-0.15, -0.1) is 0 Å². The highest BCUT2D eigenvalue weighted by Gasteiger charge is 2.68. The molecule has 2 aromatic rings. The fraction of sp³-hybridized carbons (Fsp3) is 0.484. The summed E-state index contributed by atoms with van der Waals surface area (Å²) in [6.45, 7) is 2.79. The second kappa shape index (κ2) is 10.4. The number of hydrogen-bond acceptors (Lipinski definition) is 5. The minimum absolute atomic E-state index is 0.0307. The van der Waals surface area contributed by atoms with Gasteiger partial charge in [0.1, 0.15) is 12.4 Å². The number of carbonyl (C=O) groups is 1. The summed E-state index contributed by atoms with van der Waals surface area (Å²) in [5.74, 6) is -1.74. The van der Waals surface area contributed by atoms with Crippen LogP contribution in [0.25, 0.3) is 11.1 Å². The number of halogens is 4. The molecule has 3 fully saturated rings. The van der Waals surface area contributed by atoms with Crippen molar-refractivity contribution >= 4 is 21.9 Å². The molecule has 12 heteroatoms. The maximum absolute atomic E-state index is 15.0. The summed E-state index contributed by atoms with van der Waals surface area (Å²) in [7, 11) is -3.27. The summed E-state index contributed by atoms with van der Waals surface area (Å²) >= 11 is 0. The smallest absolute Gasteiger partial charge is 0.417 e. The fourth-order valence-electron chi connectivity index (χ4n) is 7.30. The average Bonchev–Trinajstić information content (AvgIpc) is 3.61. The lowest BCUT2D eigenvalue weighted by Crippen LogP contribution is -2.37. The number of rotatable bonds is 6. The molecule has 1 N–H and O–H groups in total. The normalized spacial score (nSPS) is 27.6. The number of aliphatic imine (C=N–C) groups is 1. The third kappa shape index (κ3) is 5.48. The van der Waals surface area contributed by atoms with Gasteiger partial charge in [0.05, 0.1) is 24.3 Å². The summed E-state index contributed by atoms with van der Waals surface area (Å²) in [4.78, 5) is 15.9. The van der Waals surface area contributed by atoms with Gasteiger partial charge in [0.15, 0.2) is 0 Å². The zero-order valence-corrected chi connectivity index (χ0v) is 24.5. The molecule has 2 saturated carbocycles. The van der Waals surface area contributed by atoms with E-state index in [2.05, 4.69) is 4.99 Å². The molecule has 2 aromatic carbocycles. The molecule has 0 aromatic heterocycles. The lowest BCUT2D eigenvalue weighted by molar-refractivity contribution is -0.140. The van der Waals surface area contributed by atoms with Crippen LogP contribution >= 0.6 is 0 Å². The van der Waals surface area contributed by atoms with E-state index in [1.54, 1.807) is 30.3 Å². The molecule has 0 spiro atoms. The van der Waals surface area contributed by atoms with Crippen LogP contribution in [0.3, 0.4) is 0 Å². The number of dihydropyridines is 1. The van der Waals surface area contributed by atoms with Gasteiger partial charge >= 0.3 is 12.1 Å². The number of alkyl halides is 3. The molecule has 6 rings (SSSR count). The topological polar surface area (TPSA) is 96.3 Å². The predicted molar refractivity (Wildman–Crippen MR) is 151 cm³/mol. The Labute approximate surface area is 247 Å². The Bertz CT molecular complexity index is 1630. The highest BCUT2D eigenvalue weighted by Crippen LogP contribution is 2.69. The molecule has 43 heavy (non-hydrogen) atoms. The van der Waals surface area contributed by atoms with E-state index >= 15 is 0 Å². The Morgan fingerprint density at radius 2 is 1.84 bits per heavy atom. The molecular weight excluding hydrogens is 588 g/mol. The lowest BCUT2D eigenvalue weighted by atomic mass is 9.77. The first kappa shape index (κ1) is 29.8. The van der Waals surface area contributed by atoms with Crippen LogP contribution in [0.1, 0.15) is 48.8 Å². The molecule has 7 nitrogen and oxygen atoms in total. The Morgan fingerprint density at radius 3 is 2.44 bits per heavy atom. The maximum atomic E-state index is 15.0. The maximum Gasteiger partial charge on any atom is 0.417 e. The molecule has 2 aliphatic heterocycles. The first-order valence-corrected chi connectivity index (χ1v) is 16.1. The van der Waals surface area contributed by atoms with E-state index in [-0.39, 0.29) is 58.3 Å². The molecule has 0 amide bonds. The van der Waals surface area contributed by atoms with Crippen LogP contribution in [0.2, 0.25) is 0 Å². The van der Waals surface area contributed by atoms with Gasteiger partial charge in [-0.3, -0.25) is 9.79 Å². The van der Waals surface area contributed by atoms with Crippen molar-refractivity contribution in [2.24, 2.45) is 28.2 Å².